The number of aromatic nitrogens is 2. The fourth-order valence-electron chi connectivity index (χ4n) is 3.45. The monoisotopic (exact) mass is 508 g/mol. The van der Waals surface area contributed by atoms with E-state index in [1.54, 1.807) is 18.7 Å². The van der Waals surface area contributed by atoms with Gasteiger partial charge in [-0.2, -0.15) is 4.31 Å². The molecule has 35 heavy (non-hydrogen) atoms. The Hall–Kier alpha value is -3.47. The van der Waals surface area contributed by atoms with E-state index in [2.05, 4.69) is 15.5 Å². The minimum absolute atomic E-state index is 0.0439. The van der Waals surface area contributed by atoms with Crippen molar-refractivity contribution in [3.05, 3.63) is 90.0 Å². The van der Waals surface area contributed by atoms with Crippen molar-refractivity contribution in [1.29, 1.82) is 0 Å². The Bertz CT molecular complexity index is 1400. The maximum Gasteiger partial charge on any atom is 0.322 e. The van der Waals surface area contributed by atoms with Crippen LogP contribution in [0.1, 0.15) is 22.8 Å². The normalized spacial score (nSPS) is 11.5. The van der Waals surface area contributed by atoms with Crippen LogP contribution in [0.25, 0.3) is 11.5 Å². The first-order chi connectivity index (χ1) is 16.9. The smallest absolute Gasteiger partial charge is 0.322 e. The molecule has 0 atom stereocenters. The van der Waals surface area contributed by atoms with Crippen LogP contribution in [-0.2, 0) is 16.6 Å². The Balaban J connectivity index is 1.47. The number of benzene rings is 3. The van der Waals surface area contributed by atoms with E-state index < -0.39 is 15.9 Å². The van der Waals surface area contributed by atoms with E-state index in [-0.39, 0.29) is 23.0 Å². The molecule has 1 heterocycles. The van der Waals surface area contributed by atoms with Crippen molar-refractivity contribution in [1.82, 2.24) is 14.5 Å². The minimum Gasteiger partial charge on any atom is -0.403 e. The highest BCUT2D eigenvalue weighted by Gasteiger charge is 2.24. The molecule has 0 unspecified atom stereocenters. The van der Waals surface area contributed by atoms with E-state index in [1.165, 1.54) is 28.6 Å². The van der Waals surface area contributed by atoms with E-state index in [9.17, 15) is 13.2 Å². The number of carbonyl (C=O) groups is 1. The number of amides is 1. The standard InChI is InChI=1S/C25H24N4O4S2/c1-3-29(17-18-9-5-4-6-10-18)35(31,32)20-15-13-19(14-16-20)23(30)26-25-28-27-24(33-25)21-11-7-8-12-22(21)34-2/h4-16H,3,17H2,1-2H3,(H,26,28,30). The summed E-state index contributed by atoms with van der Waals surface area (Å²) in [7, 11) is -3.73. The van der Waals surface area contributed by atoms with Crippen LogP contribution in [0.5, 0.6) is 0 Å². The predicted octanol–water partition coefficient (Wildman–Crippen LogP) is 4.92. The van der Waals surface area contributed by atoms with Crippen LogP contribution in [0, 0.1) is 0 Å². The van der Waals surface area contributed by atoms with E-state index >= 15 is 0 Å². The third-order valence-corrected chi connectivity index (χ3v) is 8.02. The zero-order chi connectivity index (χ0) is 24.8. The highest BCUT2D eigenvalue weighted by Crippen LogP contribution is 2.29. The number of nitrogens with zero attached hydrogens (tertiary/aromatic N) is 3. The first-order valence-electron chi connectivity index (χ1n) is 10.8. The van der Waals surface area contributed by atoms with Gasteiger partial charge in [-0.1, -0.05) is 54.5 Å². The van der Waals surface area contributed by atoms with Gasteiger partial charge in [-0.25, -0.2) is 8.42 Å². The van der Waals surface area contributed by atoms with Gasteiger partial charge in [0.25, 0.3) is 11.8 Å². The molecule has 3 aromatic carbocycles. The van der Waals surface area contributed by atoms with Gasteiger partial charge >= 0.3 is 6.01 Å². The van der Waals surface area contributed by atoms with Gasteiger partial charge in [0.05, 0.1) is 10.5 Å². The molecule has 0 aliphatic carbocycles. The van der Waals surface area contributed by atoms with Gasteiger partial charge in [-0.3, -0.25) is 10.1 Å². The fourth-order valence-corrected chi connectivity index (χ4v) is 5.48. The molecule has 180 valence electrons. The number of thioether (sulfide) groups is 1. The first kappa shape index (κ1) is 24.6. The predicted molar refractivity (Wildman–Crippen MR) is 136 cm³/mol. The van der Waals surface area contributed by atoms with Gasteiger partial charge in [0.1, 0.15) is 0 Å². The molecule has 0 aliphatic rings. The van der Waals surface area contributed by atoms with Crippen LogP contribution in [-0.4, -0.2) is 41.6 Å². The van der Waals surface area contributed by atoms with Crippen molar-refractivity contribution in [3.63, 3.8) is 0 Å². The SMILES string of the molecule is CCN(Cc1ccccc1)S(=O)(=O)c1ccc(C(=O)Nc2nnc(-c3ccccc3SC)o2)cc1. The molecule has 0 bridgehead atoms. The lowest BCUT2D eigenvalue weighted by molar-refractivity contribution is 0.102. The number of rotatable bonds is 9. The highest BCUT2D eigenvalue weighted by atomic mass is 32.2. The van der Waals surface area contributed by atoms with Gasteiger partial charge in [0.2, 0.25) is 10.0 Å². The molecule has 1 aromatic heterocycles. The lowest BCUT2D eigenvalue weighted by Gasteiger charge is -2.20. The summed E-state index contributed by atoms with van der Waals surface area (Å²) in [5.41, 5.74) is 1.94. The van der Waals surface area contributed by atoms with Crippen molar-refractivity contribution < 1.29 is 17.6 Å². The Morgan fingerprint density at radius 2 is 1.66 bits per heavy atom. The maximum atomic E-state index is 13.1. The number of hydrogen-bond acceptors (Lipinski definition) is 7. The average molecular weight is 509 g/mol. The Kier molecular flexibility index (Phi) is 7.64. The molecule has 1 N–H and O–H groups in total. The molecule has 0 saturated carbocycles. The van der Waals surface area contributed by atoms with Crippen LogP contribution in [0.3, 0.4) is 0 Å². The lowest BCUT2D eigenvalue weighted by Crippen LogP contribution is -2.30. The molecular weight excluding hydrogens is 484 g/mol. The summed E-state index contributed by atoms with van der Waals surface area (Å²) in [6.45, 7) is 2.37. The molecule has 0 radical (unpaired) electrons. The first-order valence-corrected chi connectivity index (χ1v) is 13.5. The quantitative estimate of drug-likeness (QED) is 0.320. The molecular formula is C25H24N4O4S2. The van der Waals surface area contributed by atoms with Crippen LogP contribution < -0.4 is 5.32 Å². The van der Waals surface area contributed by atoms with Crippen LogP contribution in [0.2, 0.25) is 0 Å². The lowest BCUT2D eigenvalue weighted by atomic mass is 10.2. The number of hydrogen-bond donors (Lipinski definition) is 1. The number of sulfonamides is 1. The van der Waals surface area contributed by atoms with Crippen molar-refractivity contribution in [3.8, 4) is 11.5 Å². The van der Waals surface area contributed by atoms with E-state index in [0.29, 0.717) is 12.4 Å². The average Bonchev–Trinajstić information content (AvgIpc) is 3.36. The number of carbonyl (C=O) groups excluding carboxylic acids is 1. The molecule has 1 amide bonds. The molecule has 10 heteroatoms. The van der Waals surface area contributed by atoms with Gasteiger partial charge in [-0.15, -0.1) is 16.9 Å². The van der Waals surface area contributed by atoms with Gasteiger partial charge in [0.15, 0.2) is 0 Å². The van der Waals surface area contributed by atoms with Crippen LogP contribution >= 0.6 is 11.8 Å². The second kappa shape index (κ2) is 10.9. The van der Waals surface area contributed by atoms with Crippen LogP contribution in [0.15, 0.2) is 93.1 Å². The van der Waals surface area contributed by atoms with Gasteiger partial charge < -0.3 is 4.42 Å². The third kappa shape index (κ3) is 5.61. The molecule has 8 nitrogen and oxygen atoms in total. The highest BCUT2D eigenvalue weighted by molar-refractivity contribution is 7.98. The zero-order valence-electron chi connectivity index (χ0n) is 19.2. The molecule has 0 fully saturated rings. The Morgan fingerprint density at radius 3 is 2.34 bits per heavy atom. The van der Waals surface area contributed by atoms with E-state index in [4.69, 9.17) is 4.42 Å². The zero-order valence-corrected chi connectivity index (χ0v) is 20.8. The van der Waals surface area contributed by atoms with Gasteiger partial charge in [-0.05, 0) is 48.2 Å². The van der Waals surface area contributed by atoms with Crippen molar-refractivity contribution in [2.45, 2.75) is 23.3 Å². The summed E-state index contributed by atoms with van der Waals surface area (Å²) < 4.78 is 33.2. The summed E-state index contributed by atoms with van der Waals surface area (Å²) in [6.07, 6.45) is 1.95. The van der Waals surface area contributed by atoms with Gasteiger partial charge in [0, 0.05) is 23.5 Å². The Morgan fingerprint density at radius 1 is 0.971 bits per heavy atom. The summed E-state index contributed by atoms with van der Waals surface area (Å²) in [5.74, 6) is -0.191. The summed E-state index contributed by atoms with van der Waals surface area (Å²) in [5, 5.41) is 10.5. The van der Waals surface area contributed by atoms with Crippen molar-refractivity contribution in [2.24, 2.45) is 0 Å². The Labute approximate surface area is 208 Å². The van der Waals surface area contributed by atoms with Crippen LogP contribution in [0.4, 0.5) is 6.01 Å². The molecule has 4 aromatic rings. The van der Waals surface area contributed by atoms with Crippen molar-refractivity contribution >= 4 is 33.7 Å². The van der Waals surface area contributed by atoms with E-state index in [1.807, 2.05) is 60.9 Å². The second-order valence-electron chi connectivity index (χ2n) is 7.51. The second-order valence-corrected chi connectivity index (χ2v) is 10.3. The molecule has 0 saturated heterocycles. The van der Waals surface area contributed by atoms with Crippen molar-refractivity contribution in [2.75, 3.05) is 18.1 Å². The number of anilines is 1. The summed E-state index contributed by atoms with van der Waals surface area (Å²) in [6, 6.07) is 22.7. The third-order valence-electron chi connectivity index (χ3n) is 5.29. The topological polar surface area (TPSA) is 105 Å². The fraction of sp³-hybridized carbons (Fsp3) is 0.160. The van der Waals surface area contributed by atoms with E-state index in [0.717, 1.165) is 16.0 Å². The summed E-state index contributed by atoms with van der Waals surface area (Å²) in [4.78, 5) is 13.8. The number of nitrogens with one attached hydrogen (secondary N) is 1. The minimum atomic E-state index is -3.73. The molecule has 4 rings (SSSR count). The molecule has 0 spiro atoms. The molecule has 0 aliphatic heterocycles. The summed E-state index contributed by atoms with van der Waals surface area (Å²) >= 11 is 1.55. The largest absolute Gasteiger partial charge is 0.403 e. The maximum absolute atomic E-state index is 13.1.